The van der Waals surface area contributed by atoms with E-state index in [1.54, 1.807) is 6.08 Å². The van der Waals surface area contributed by atoms with Crippen LogP contribution < -0.4 is 0 Å². The van der Waals surface area contributed by atoms with Crippen LogP contribution in [0.2, 0.25) is 0 Å². The second kappa shape index (κ2) is 6.41. The Labute approximate surface area is 92.5 Å². The summed E-state index contributed by atoms with van der Waals surface area (Å²) in [5.41, 5.74) is 2.33. The molecule has 0 saturated heterocycles. The summed E-state index contributed by atoms with van der Waals surface area (Å²) in [6.45, 7) is 5.82. The lowest BCUT2D eigenvalue weighted by Gasteiger charge is -2.09. The van der Waals surface area contributed by atoms with E-state index in [0.717, 1.165) is 12.0 Å². The van der Waals surface area contributed by atoms with Gasteiger partial charge in [0.15, 0.2) is 0 Å². The topological polar surface area (TPSA) is 20.2 Å². The normalized spacial score (nSPS) is 12.4. The second-order valence-corrected chi connectivity index (χ2v) is 3.89. The van der Waals surface area contributed by atoms with E-state index in [4.69, 9.17) is 0 Å². The van der Waals surface area contributed by atoms with Gasteiger partial charge in [-0.25, -0.2) is 0 Å². The van der Waals surface area contributed by atoms with Crippen LogP contribution in [0.5, 0.6) is 0 Å². The van der Waals surface area contributed by atoms with E-state index in [2.05, 4.69) is 25.6 Å². The third kappa shape index (κ3) is 3.88. The Bertz CT molecular complexity index is 287. The number of hydrogen-bond donors (Lipinski definition) is 1. The van der Waals surface area contributed by atoms with Crippen LogP contribution in [0.15, 0.2) is 36.9 Å². The molecule has 1 aromatic carbocycles. The quantitative estimate of drug-likeness (QED) is 0.701. The summed E-state index contributed by atoms with van der Waals surface area (Å²) in [7, 11) is 0. The van der Waals surface area contributed by atoms with Gasteiger partial charge in [0.25, 0.3) is 0 Å². The van der Waals surface area contributed by atoms with E-state index in [-0.39, 0.29) is 0 Å². The molecule has 0 radical (unpaired) electrons. The van der Waals surface area contributed by atoms with Gasteiger partial charge >= 0.3 is 0 Å². The van der Waals surface area contributed by atoms with E-state index in [1.807, 2.05) is 12.1 Å². The summed E-state index contributed by atoms with van der Waals surface area (Å²) < 4.78 is 0. The number of aryl methyl sites for hydroxylation is 1. The molecule has 0 spiro atoms. The first-order chi connectivity index (χ1) is 7.27. The maximum atomic E-state index is 9.72. The van der Waals surface area contributed by atoms with Crippen molar-refractivity contribution in [1.82, 2.24) is 0 Å². The molecule has 0 aliphatic heterocycles. The Morgan fingerprint density at radius 2 is 2.00 bits per heavy atom. The lowest BCUT2D eigenvalue weighted by atomic mass is 10.0. The van der Waals surface area contributed by atoms with Gasteiger partial charge in [0, 0.05) is 0 Å². The average molecular weight is 204 g/mol. The third-order valence-corrected chi connectivity index (χ3v) is 2.57. The molecule has 1 N–H and O–H groups in total. The summed E-state index contributed by atoms with van der Waals surface area (Å²) in [5, 5.41) is 9.72. The molecule has 0 amide bonds. The van der Waals surface area contributed by atoms with Crippen LogP contribution in [-0.2, 0) is 6.42 Å². The highest BCUT2D eigenvalue weighted by Gasteiger charge is 2.04. The summed E-state index contributed by atoms with van der Waals surface area (Å²) in [4.78, 5) is 0. The van der Waals surface area contributed by atoms with Gasteiger partial charge in [0.05, 0.1) is 6.10 Å². The van der Waals surface area contributed by atoms with Crippen molar-refractivity contribution in [3.05, 3.63) is 48.0 Å². The molecule has 82 valence electrons. The maximum Gasteiger partial charge on any atom is 0.0824 e. The summed E-state index contributed by atoms with van der Waals surface area (Å²) in [5.74, 6) is 0. The van der Waals surface area contributed by atoms with Crippen molar-refractivity contribution in [2.24, 2.45) is 0 Å². The first-order valence-corrected chi connectivity index (χ1v) is 5.65. The molecule has 0 fully saturated rings. The maximum absolute atomic E-state index is 9.72. The SMILES string of the molecule is C=CCC(O)c1ccc(CCCC)cc1. The molecule has 1 rings (SSSR count). The smallest absolute Gasteiger partial charge is 0.0824 e. The standard InChI is InChI=1S/C14H20O/c1-3-5-7-12-8-10-13(11-9-12)14(15)6-4-2/h4,8-11,14-15H,2-3,5-7H2,1H3. The number of rotatable bonds is 6. The molecule has 1 aromatic rings. The molecule has 0 aromatic heterocycles. The Hall–Kier alpha value is -1.08. The fraction of sp³-hybridized carbons (Fsp3) is 0.429. The van der Waals surface area contributed by atoms with Crippen LogP contribution in [0.3, 0.4) is 0 Å². The number of benzene rings is 1. The lowest BCUT2D eigenvalue weighted by Crippen LogP contribution is -1.95. The number of aliphatic hydroxyl groups excluding tert-OH is 1. The first kappa shape index (κ1) is 12.0. The first-order valence-electron chi connectivity index (χ1n) is 5.65. The highest BCUT2D eigenvalue weighted by atomic mass is 16.3. The number of unbranched alkanes of at least 4 members (excludes halogenated alkanes) is 1. The average Bonchev–Trinajstić information content (AvgIpc) is 2.27. The minimum Gasteiger partial charge on any atom is -0.388 e. The molecule has 0 aliphatic rings. The fourth-order valence-corrected chi connectivity index (χ4v) is 1.58. The van der Waals surface area contributed by atoms with Gasteiger partial charge in [0.1, 0.15) is 0 Å². The van der Waals surface area contributed by atoms with Gasteiger partial charge in [-0.2, -0.15) is 0 Å². The Balaban J connectivity index is 2.59. The van der Waals surface area contributed by atoms with Gasteiger partial charge in [-0.3, -0.25) is 0 Å². The zero-order valence-corrected chi connectivity index (χ0v) is 9.45. The molecule has 0 aliphatic carbocycles. The van der Waals surface area contributed by atoms with Gasteiger partial charge in [-0.15, -0.1) is 6.58 Å². The molecule has 1 atom stereocenters. The third-order valence-electron chi connectivity index (χ3n) is 2.57. The number of hydrogen-bond acceptors (Lipinski definition) is 1. The van der Waals surface area contributed by atoms with Gasteiger partial charge in [-0.1, -0.05) is 43.7 Å². The van der Waals surface area contributed by atoms with Crippen molar-refractivity contribution in [3.8, 4) is 0 Å². The lowest BCUT2D eigenvalue weighted by molar-refractivity contribution is 0.181. The zero-order valence-electron chi connectivity index (χ0n) is 9.45. The molecule has 1 unspecified atom stereocenters. The second-order valence-electron chi connectivity index (χ2n) is 3.89. The summed E-state index contributed by atoms with van der Waals surface area (Å²) >= 11 is 0. The molecular formula is C14H20O. The Morgan fingerprint density at radius 3 is 2.53 bits per heavy atom. The highest BCUT2D eigenvalue weighted by molar-refractivity contribution is 5.24. The predicted octanol–water partition coefficient (Wildman–Crippen LogP) is 3.64. The Morgan fingerprint density at radius 1 is 1.33 bits per heavy atom. The molecule has 0 heterocycles. The molecule has 1 nitrogen and oxygen atoms in total. The van der Waals surface area contributed by atoms with Crippen molar-refractivity contribution in [1.29, 1.82) is 0 Å². The molecular weight excluding hydrogens is 184 g/mol. The predicted molar refractivity (Wildman–Crippen MR) is 64.8 cm³/mol. The van der Waals surface area contributed by atoms with Crippen molar-refractivity contribution in [2.75, 3.05) is 0 Å². The van der Waals surface area contributed by atoms with E-state index < -0.39 is 6.10 Å². The van der Waals surface area contributed by atoms with Crippen LogP contribution in [0.4, 0.5) is 0 Å². The van der Waals surface area contributed by atoms with Crippen LogP contribution in [-0.4, -0.2) is 5.11 Å². The molecule has 15 heavy (non-hydrogen) atoms. The van der Waals surface area contributed by atoms with Gasteiger partial charge in [0.2, 0.25) is 0 Å². The zero-order chi connectivity index (χ0) is 11.1. The molecule has 0 bridgehead atoms. The van der Waals surface area contributed by atoms with Crippen molar-refractivity contribution >= 4 is 0 Å². The van der Waals surface area contributed by atoms with E-state index in [0.29, 0.717) is 6.42 Å². The van der Waals surface area contributed by atoms with E-state index in [9.17, 15) is 5.11 Å². The number of aliphatic hydroxyl groups is 1. The highest BCUT2D eigenvalue weighted by Crippen LogP contribution is 2.17. The van der Waals surface area contributed by atoms with Crippen LogP contribution in [0, 0.1) is 0 Å². The minimum absolute atomic E-state index is 0.400. The van der Waals surface area contributed by atoms with Crippen LogP contribution in [0.1, 0.15) is 43.4 Å². The monoisotopic (exact) mass is 204 g/mol. The van der Waals surface area contributed by atoms with E-state index in [1.165, 1.54) is 18.4 Å². The van der Waals surface area contributed by atoms with Crippen molar-refractivity contribution in [3.63, 3.8) is 0 Å². The van der Waals surface area contributed by atoms with Gasteiger partial charge < -0.3 is 5.11 Å². The van der Waals surface area contributed by atoms with Crippen molar-refractivity contribution < 1.29 is 5.11 Å². The fourth-order valence-electron chi connectivity index (χ4n) is 1.58. The van der Waals surface area contributed by atoms with Gasteiger partial charge in [-0.05, 0) is 30.4 Å². The molecule has 0 saturated carbocycles. The Kier molecular flexibility index (Phi) is 5.13. The largest absolute Gasteiger partial charge is 0.388 e. The van der Waals surface area contributed by atoms with E-state index >= 15 is 0 Å². The van der Waals surface area contributed by atoms with Crippen LogP contribution >= 0.6 is 0 Å². The van der Waals surface area contributed by atoms with Crippen LogP contribution in [0.25, 0.3) is 0 Å². The minimum atomic E-state index is -0.400. The summed E-state index contributed by atoms with van der Waals surface area (Å²) in [6, 6.07) is 8.24. The summed E-state index contributed by atoms with van der Waals surface area (Å²) in [6.07, 6.45) is 5.55. The molecule has 1 heteroatoms. The van der Waals surface area contributed by atoms with Crippen molar-refractivity contribution in [2.45, 2.75) is 38.7 Å².